The van der Waals surface area contributed by atoms with Gasteiger partial charge in [-0.25, -0.2) is 4.79 Å². The molecule has 0 saturated carbocycles. The van der Waals surface area contributed by atoms with Crippen molar-refractivity contribution < 1.29 is 14.7 Å². The molecule has 15 heavy (non-hydrogen) atoms. The molecule has 1 aromatic rings. The van der Waals surface area contributed by atoms with Crippen LogP contribution < -0.4 is 5.48 Å². The number of hydroxylamine groups is 1. The predicted molar refractivity (Wildman–Crippen MR) is 56.1 cm³/mol. The number of carbonyl (C=O) groups is 1. The molecule has 0 bridgehead atoms. The quantitative estimate of drug-likeness (QED) is 0.723. The Bertz CT molecular complexity index is 322. The predicted octanol–water partition coefficient (Wildman–Crippen LogP) is 1.57. The van der Waals surface area contributed by atoms with Crippen molar-refractivity contribution in [2.45, 2.75) is 26.0 Å². The number of rotatable bonds is 5. The van der Waals surface area contributed by atoms with E-state index in [0.29, 0.717) is 6.54 Å². The van der Waals surface area contributed by atoms with Gasteiger partial charge in [-0.05, 0) is 19.4 Å². The minimum absolute atomic E-state index is 0.484. The molecule has 0 amide bonds. The number of carboxylic acid groups (broad SMARTS) is 1. The fourth-order valence-corrected chi connectivity index (χ4v) is 0.939. The van der Waals surface area contributed by atoms with E-state index in [1.807, 2.05) is 30.3 Å². The Labute approximate surface area is 88.8 Å². The maximum Gasteiger partial charge on any atom is 0.337 e. The summed E-state index contributed by atoms with van der Waals surface area (Å²) in [6, 6.07) is 9.62. The molecule has 2 N–H and O–H groups in total. The third-order valence-electron chi connectivity index (χ3n) is 1.96. The molecule has 1 rings (SSSR count). The standard InChI is InChI=1S/C11H15NO3/c1-11(2,10(13)14)15-12-8-9-6-4-3-5-7-9/h3-7,12H,8H2,1-2H3,(H,13,14). The summed E-state index contributed by atoms with van der Waals surface area (Å²) < 4.78 is 0. The Kier molecular flexibility index (Phi) is 3.82. The van der Waals surface area contributed by atoms with Crippen molar-refractivity contribution in [3.05, 3.63) is 35.9 Å². The molecule has 0 aliphatic heterocycles. The van der Waals surface area contributed by atoms with Gasteiger partial charge in [-0.2, -0.15) is 5.48 Å². The molecular weight excluding hydrogens is 194 g/mol. The van der Waals surface area contributed by atoms with Gasteiger partial charge in [0.15, 0.2) is 5.60 Å². The van der Waals surface area contributed by atoms with Crippen molar-refractivity contribution in [3.63, 3.8) is 0 Å². The highest BCUT2D eigenvalue weighted by Crippen LogP contribution is 2.07. The zero-order valence-corrected chi connectivity index (χ0v) is 8.86. The van der Waals surface area contributed by atoms with Crippen LogP contribution >= 0.6 is 0 Å². The van der Waals surface area contributed by atoms with E-state index in [9.17, 15) is 4.79 Å². The molecule has 82 valence electrons. The summed E-state index contributed by atoms with van der Waals surface area (Å²) in [6.45, 7) is 3.47. The van der Waals surface area contributed by atoms with Gasteiger partial charge in [-0.15, -0.1) is 0 Å². The van der Waals surface area contributed by atoms with E-state index in [0.717, 1.165) is 5.56 Å². The van der Waals surface area contributed by atoms with Gasteiger partial charge in [0.1, 0.15) is 0 Å². The summed E-state index contributed by atoms with van der Waals surface area (Å²) in [4.78, 5) is 15.7. The zero-order valence-electron chi connectivity index (χ0n) is 8.86. The molecule has 4 nitrogen and oxygen atoms in total. The molecule has 4 heteroatoms. The Morgan fingerprint density at radius 3 is 2.53 bits per heavy atom. The number of hydrogen-bond donors (Lipinski definition) is 2. The molecule has 0 fully saturated rings. The zero-order chi connectivity index (χ0) is 11.3. The lowest BCUT2D eigenvalue weighted by Crippen LogP contribution is -2.39. The topological polar surface area (TPSA) is 58.6 Å². The number of aliphatic carboxylic acids is 1. The molecule has 0 heterocycles. The van der Waals surface area contributed by atoms with Crippen LogP contribution in [0.15, 0.2) is 30.3 Å². The van der Waals surface area contributed by atoms with E-state index in [-0.39, 0.29) is 0 Å². The number of hydrogen-bond acceptors (Lipinski definition) is 3. The summed E-state index contributed by atoms with van der Waals surface area (Å²) in [5.41, 5.74) is 2.47. The lowest BCUT2D eigenvalue weighted by atomic mass is 10.1. The van der Waals surface area contributed by atoms with Crippen molar-refractivity contribution in [2.24, 2.45) is 0 Å². The molecular formula is C11H15NO3. The minimum atomic E-state index is -1.21. The second kappa shape index (κ2) is 4.91. The van der Waals surface area contributed by atoms with Gasteiger partial charge in [0, 0.05) is 6.54 Å². The first-order chi connectivity index (χ1) is 7.02. The Morgan fingerprint density at radius 2 is 2.00 bits per heavy atom. The van der Waals surface area contributed by atoms with Crippen LogP contribution in [0, 0.1) is 0 Å². The van der Waals surface area contributed by atoms with Crippen molar-refractivity contribution >= 4 is 5.97 Å². The summed E-state index contributed by atoms with van der Waals surface area (Å²) in [5.74, 6) is -0.997. The molecule has 0 aliphatic carbocycles. The first-order valence-electron chi connectivity index (χ1n) is 4.70. The SMILES string of the molecule is CC(C)(ONCc1ccccc1)C(=O)O. The average Bonchev–Trinajstić information content (AvgIpc) is 2.19. The summed E-state index contributed by atoms with van der Waals surface area (Å²) in [7, 11) is 0. The lowest BCUT2D eigenvalue weighted by Gasteiger charge is -2.19. The van der Waals surface area contributed by atoms with E-state index < -0.39 is 11.6 Å². The first kappa shape index (κ1) is 11.7. The van der Waals surface area contributed by atoms with E-state index >= 15 is 0 Å². The largest absolute Gasteiger partial charge is 0.479 e. The number of benzene rings is 1. The van der Waals surface area contributed by atoms with Crippen LogP contribution in [0.4, 0.5) is 0 Å². The first-order valence-corrected chi connectivity index (χ1v) is 4.70. The van der Waals surface area contributed by atoms with E-state index in [4.69, 9.17) is 9.94 Å². The van der Waals surface area contributed by atoms with Gasteiger partial charge in [0.05, 0.1) is 0 Å². The maximum atomic E-state index is 10.7. The fourth-order valence-electron chi connectivity index (χ4n) is 0.939. The van der Waals surface area contributed by atoms with Crippen LogP contribution in [0.5, 0.6) is 0 Å². The van der Waals surface area contributed by atoms with Gasteiger partial charge < -0.3 is 5.11 Å². The van der Waals surface area contributed by atoms with Crippen molar-refractivity contribution in [1.29, 1.82) is 0 Å². The third-order valence-corrected chi connectivity index (χ3v) is 1.96. The maximum absolute atomic E-state index is 10.7. The summed E-state index contributed by atoms with van der Waals surface area (Å²) >= 11 is 0. The fraction of sp³-hybridized carbons (Fsp3) is 0.364. The van der Waals surface area contributed by atoms with E-state index in [1.54, 1.807) is 0 Å². The molecule has 0 aromatic heterocycles. The van der Waals surface area contributed by atoms with Gasteiger partial charge in [-0.1, -0.05) is 30.3 Å². The minimum Gasteiger partial charge on any atom is -0.479 e. The van der Waals surface area contributed by atoms with E-state index in [1.165, 1.54) is 13.8 Å². The van der Waals surface area contributed by atoms with E-state index in [2.05, 4.69) is 5.48 Å². The molecule has 0 radical (unpaired) electrons. The number of carboxylic acids is 1. The number of nitrogens with one attached hydrogen (secondary N) is 1. The molecule has 0 saturated heterocycles. The highest BCUT2D eigenvalue weighted by atomic mass is 16.7. The van der Waals surface area contributed by atoms with Crippen LogP contribution in [0.25, 0.3) is 0 Å². The van der Waals surface area contributed by atoms with Crippen LogP contribution in [-0.4, -0.2) is 16.7 Å². The smallest absolute Gasteiger partial charge is 0.337 e. The Balaban J connectivity index is 2.37. The van der Waals surface area contributed by atoms with Crippen LogP contribution in [-0.2, 0) is 16.2 Å². The normalized spacial score (nSPS) is 11.3. The van der Waals surface area contributed by atoms with Gasteiger partial charge in [-0.3, -0.25) is 4.84 Å². The lowest BCUT2D eigenvalue weighted by molar-refractivity contribution is -0.171. The average molecular weight is 209 g/mol. The molecule has 0 spiro atoms. The highest BCUT2D eigenvalue weighted by Gasteiger charge is 2.28. The van der Waals surface area contributed by atoms with Gasteiger partial charge in [0.25, 0.3) is 0 Å². The Morgan fingerprint density at radius 1 is 1.40 bits per heavy atom. The molecule has 0 unspecified atom stereocenters. The van der Waals surface area contributed by atoms with Crippen LogP contribution in [0.1, 0.15) is 19.4 Å². The second-order valence-corrected chi connectivity index (χ2v) is 3.72. The summed E-state index contributed by atoms with van der Waals surface area (Å²) in [6.07, 6.45) is 0. The van der Waals surface area contributed by atoms with Gasteiger partial charge in [0.2, 0.25) is 0 Å². The molecule has 0 atom stereocenters. The Hall–Kier alpha value is -1.39. The monoisotopic (exact) mass is 209 g/mol. The van der Waals surface area contributed by atoms with Crippen molar-refractivity contribution in [3.8, 4) is 0 Å². The van der Waals surface area contributed by atoms with Crippen LogP contribution in [0.3, 0.4) is 0 Å². The molecule has 1 aromatic carbocycles. The second-order valence-electron chi connectivity index (χ2n) is 3.72. The van der Waals surface area contributed by atoms with Crippen LogP contribution in [0.2, 0.25) is 0 Å². The molecule has 0 aliphatic rings. The highest BCUT2D eigenvalue weighted by molar-refractivity contribution is 5.76. The van der Waals surface area contributed by atoms with Crippen molar-refractivity contribution in [2.75, 3.05) is 0 Å². The van der Waals surface area contributed by atoms with Crippen molar-refractivity contribution in [1.82, 2.24) is 5.48 Å². The van der Waals surface area contributed by atoms with Gasteiger partial charge >= 0.3 is 5.97 Å². The third kappa shape index (κ3) is 3.69. The summed E-state index contributed by atoms with van der Waals surface area (Å²) in [5, 5.41) is 8.77.